The number of carbonyl (C=O) groups excluding carboxylic acids is 2. The number of hydrogen-bond acceptors (Lipinski definition) is 4. The summed E-state index contributed by atoms with van der Waals surface area (Å²) in [5.41, 5.74) is 1.04. The van der Waals surface area contributed by atoms with E-state index in [4.69, 9.17) is 4.74 Å². The minimum Gasteiger partial charge on any atom is -0.466 e. The fraction of sp³-hybridized carbons (Fsp3) is 0.308. The molecule has 6 heteroatoms. The van der Waals surface area contributed by atoms with Crippen LogP contribution >= 0.6 is 0 Å². The molecule has 100 valence electrons. The monoisotopic (exact) mass is 261 g/mol. The van der Waals surface area contributed by atoms with Gasteiger partial charge in [0.1, 0.15) is 11.3 Å². The highest BCUT2D eigenvalue weighted by Crippen LogP contribution is 2.04. The maximum Gasteiger partial charge on any atom is 0.307 e. The summed E-state index contributed by atoms with van der Waals surface area (Å²) in [5.74, 6) is -0.620. The van der Waals surface area contributed by atoms with Gasteiger partial charge in [-0.15, -0.1) is 0 Å². The van der Waals surface area contributed by atoms with Crippen LogP contribution in [0.1, 0.15) is 23.8 Å². The van der Waals surface area contributed by atoms with E-state index < -0.39 is 0 Å². The number of nitrogens with zero attached hydrogens (tertiary/aromatic N) is 2. The fourth-order valence-corrected chi connectivity index (χ4v) is 1.65. The zero-order chi connectivity index (χ0) is 13.7. The Labute approximate surface area is 110 Å². The molecule has 19 heavy (non-hydrogen) atoms. The number of amides is 1. The molecule has 6 nitrogen and oxygen atoms in total. The van der Waals surface area contributed by atoms with Gasteiger partial charge in [0.25, 0.3) is 5.91 Å². The average molecular weight is 261 g/mol. The van der Waals surface area contributed by atoms with Crippen molar-refractivity contribution in [3.05, 3.63) is 36.3 Å². The van der Waals surface area contributed by atoms with Crippen molar-refractivity contribution in [3.63, 3.8) is 0 Å². The summed E-state index contributed by atoms with van der Waals surface area (Å²) in [6.45, 7) is 2.33. The molecule has 0 atom stereocenters. The van der Waals surface area contributed by atoms with E-state index in [-0.39, 0.29) is 24.8 Å². The van der Waals surface area contributed by atoms with Crippen molar-refractivity contribution in [3.8, 4) is 0 Å². The number of nitrogens with one attached hydrogen (secondary N) is 1. The molecule has 1 N–H and O–H groups in total. The van der Waals surface area contributed by atoms with Crippen LogP contribution in [0, 0.1) is 0 Å². The number of pyridine rings is 1. The predicted molar refractivity (Wildman–Crippen MR) is 68.8 cm³/mol. The Morgan fingerprint density at radius 2 is 2.26 bits per heavy atom. The minimum atomic E-state index is -0.321. The lowest BCUT2D eigenvalue weighted by atomic mass is 10.4. The molecule has 0 unspecified atom stereocenters. The molecule has 2 rings (SSSR count). The first-order valence-corrected chi connectivity index (χ1v) is 6.08. The average Bonchev–Trinajstić information content (AvgIpc) is 2.82. The number of hydrogen-bond donors (Lipinski definition) is 1. The van der Waals surface area contributed by atoms with Gasteiger partial charge in [-0.25, -0.2) is 4.98 Å². The predicted octanol–water partition coefficient (Wildman–Crippen LogP) is 1.02. The number of aromatic nitrogens is 2. The molecule has 2 aromatic heterocycles. The van der Waals surface area contributed by atoms with Gasteiger partial charge >= 0.3 is 5.97 Å². The summed E-state index contributed by atoms with van der Waals surface area (Å²) in [6.07, 6.45) is 3.62. The molecule has 0 saturated carbocycles. The lowest BCUT2D eigenvalue weighted by Crippen LogP contribution is -2.26. The largest absolute Gasteiger partial charge is 0.466 e. The van der Waals surface area contributed by atoms with Gasteiger partial charge < -0.3 is 14.5 Å². The summed E-state index contributed by atoms with van der Waals surface area (Å²) >= 11 is 0. The van der Waals surface area contributed by atoms with E-state index in [2.05, 4.69) is 10.3 Å². The van der Waals surface area contributed by atoms with Crippen molar-refractivity contribution in [2.75, 3.05) is 13.2 Å². The third-order valence-corrected chi connectivity index (χ3v) is 2.52. The van der Waals surface area contributed by atoms with E-state index in [9.17, 15) is 9.59 Å². The number of carbonyl (C=O) groups is 2. The summed E-state index contributed by atoms with van der Waals surface area (Å²) < 4.78 is 6.53. The summed E-state index contributed by atoms with van der Waals surface area (Å²) in [5, 5.41) is 2.63. The first-order valence-electron chi connectivity index (χ1n) is 6.08. The Kier molecular flexibility index (Phi) is 4.12. The molecule has 0 aliphatic carbocycles. The van der Waals surface area contributed by atoms with Crippen molar-refractivity contribution >= 4 is 17.5 Å². The van der Waals surface area contributed by atoms with Gasteiger partial charge in [-0.1, -0.05) is 6.07 Å². The maximum absolute atomic E-state index is 11.8. The van der Waals surface area contributed by atoms with Crippen molar-refractivity contribution in [1.29, 1.82) is 0 Å². The Morgan fingerprint density at radius 3 is 3.00 bits per heavy atom. The maximum atomic E-state index is 11.8. The van der Waals surface area contributed by atoms with Gasteiger partial charge in [0, 0.05) is 18.9 Å². The molecule has 0 aliphatic heterocycles. The zero-order valence-electron chi connectivity index (χ0n) is 10.6. The number of fused-ring (bicyclic) bond motifs is 1. The first kappa shape index (κ1) is 13.1. The SMILES string of the molecule is CCOC(=O)CCNC(=O)c1cn2ccccc2n1. The van der Waals surface area contributed by atoms with Crippen LogP contribution in [0.2, 0.25) is 0 Å². The second-order valence-corrected chi connectivity index (χ2v) is 3.90. The molecule has 0 bridgehead atoms. The smallest absolute Gasteiger partial charge is 0.307 e. The van der Waals surface area contributed by atoms with Crippen LogP contribution in [0.4, 0.5) is 0 Å². The van der Waals surface area contributed by atoms with E-state index in [0.717, 1.165) is 0 Å². The van der Waals surface area contributed by atoms with E-state index in [1.807, 2.05) is 24.4 Å². The van der Waals surface area contributed by atoms with Gasteiger partial charge in [-0.2, -0.15) is 0 Å². The lowest BCUT2D eigenvalue weighted by Gasteiger charge is -2.02. The van der Waals surface area contributed by atoms with Gasteiger partial charge in [0.2, 0.25) is 0 Å². The Balaban J connectivity index is 1.91. The number of ether oxygens (including phenoxy) is 1. The Morgan fingerprint density at radius 1 is 1.42 bits per heavy atom. The van der Waals surface area contributed by atoms with Crippen LogP contribution in [0.5, 0.6) is 0 Å². The van der Waals surface area contributed by atoms with Crippen LogP contribution < -0.4 is 5.32 Å². The van der Waals surface area contributed by atoms with Gasteiger partial charge in [-0.3, -0.25) is 9.59 Å². The molecule has 0 aliphatic rings. The molecule has 0 aromatic carbocycles. The van der Waals surface area contributed by atoms with Crippen LogP contribution in [-0.2, 0) is 9.53 Å². The standard InChI is InChI=1S/C13H15N3O3/c1-2-19-12(17)6-7-14-13(18)10-9-16-8-4-3-5-11(16)15-10/h3-5,8-9H,2,6-7H2,1H3,(H,14,18). The number of imidazole rings is 1. The Bertz CT molecular complexity index is 559. The molecule has 0 fully saturated rings. The summed E-state index contributed by atoms with van der Waals surface area (Å²) in [4.78, 5) is 27.1. The van der Waals surface area contributed by atoms with Gasteiger partial charge in [0.05, 0.1) is 13.0 Å². The number of esters is 1. The lowest BCUT2D eigenvalue weighted by molar-refractivity contribution is -0.142. The second-order valence-electron chi connectivity index (χ2n) is 3.90. The van der Waals surface area contributed by atoms with Crippen LogP contribution in [0.15, 0.2) is 30.6 Å². The van der Waals surface area contributed by atoms with Gasteiger partial charge in [-0.05, 0) is 19.1 Å². The summed E-state index contributed by atoms with van der Waals surface area (Å²) in [6, 6.07) is 5.53. The van der Waals surface area contributed by atoms with E-state index in [1.54, 1.807) is 17.5 Å². The third kappa shape index (κ3) is 3.31. The van der Waals surface area contributed by atoms with Crippen molar-refractivity contribution in [2.24, 2.45) is 0 Å². The molecule has 0 spiro atoms. The Hall–Kier alpha value is -2.37. The minimum absolute atomic E-state index is 0.160. The van der Waals surface area contributed by atoms with Crippen molar-refractivity contribution in [2.45, 2.75) is 13.3 Å². The highest BCUT2D eigenvalue weighted by Gasteiger charge is 2.10. The first-order chi connectivity index (χ1) is 9.20. The molecule has 1 amide bonds. The highest BCUT2D eigenvalue weighted by atomic mass is 16.5. The van der Waals surface area contributed by atoms with E-state index in [0.29, 0.717) is 17.9 Å². The zero-order valence-corrected chi connectivity index (χ0v) is 10.6. The van der Waals surface area contributed by atoms with Crippen molar-refractivity contribution in [1.82, 2.24) is 14.7 Å². The molecular weight excluding hydrogens is 246 g/mol. The van der Waals surface area contributed by atoms with Crippen LogP contribution in [0.25, 0.3) is 5.65 Å². The normalized spacial score (nSPS) is 10.4. The summed E-state index contributed by atoms with van der Waals surface area (Å²) in [7, 11) is 0. The quantitative estimate of drug-likeness (QED) is 0.815. The third-order valence-electron chi connectivity index (χ3n) is 2.52. The van der Waals surface area contributed by atoms with Crippen LogP contribution in [-0.4, -0.2) is 34.4 Å². The number of rotatable bonds is 5. The molecule has 2 aromatic rings. The molecule has 0 saturated heterocycles. The van der Waals surface area contributed by atoms with Crippen molar-refractivity contribution < 1.29 is 14.3 Å². The molecular formula is C13H15N3O3. The van der Waals surface area contributed by atoms with Gasteiger partial charge in [0.15, 0.2) is 0 Å². The molecule has 0 radical (unpaired) electrons. The van der Waals surface area contributed by atoms with Crippen LogP contribution in [0.3, 0.4) is 0 Å². The van der Waals surface area contributed by atoms with E-state index >= 15 is 0 Å². The molecule has 2 heterocycles. The second kappa shape index (κ2) is 5.99. The van der Waals surface area contributed by atoms with E-state index in [1.165, 1.54) is 0 Å². The highest BCUT2D eigenvalue weighted by molar-refractivity contribution is 5.93. The topological polar surface area (TPSA) is 72.7 Å². The fourth-order valence-electron chi connectivity index (χ4n) is 1.65.